The van der Waals surface area contributed by atoms with Gasteiger partial charge in [-0.05, 0) is 63.5 Å². The van der Waals surface area contributed by atoms with Crippen molar-refractivity contribution in [2.45, 2.75) is 71.3 Å². The maximum absolute atomic E-state index is 13.7. The van der Waals surface area contributed by atoms with Crippen LogP contribution in [0.15, 0.2) is 18.2 Å². The van der Waals surface area contributed by atoms with Crippen LogP contribution < -0.4 is 4.74 Å². The number of hydrogen-bond donors (Lipinski definition) is 1. The van der Waals surface area contributed by atoms with E-state index in [-0.39, 0.29) is 35.7 Å². The molecule has 3 aliphatic heterocycles. The van der Waals surface area contributed by atoms with E-state index in [0.29, 0.717) is 39.2 Å². The highest BCUT2D eigenvalue weighted by atomic mass is 16.5. The number of rotatable bonds is 14. The Morgan fingerprint density at radius 3 is 2.56 bits per heavy atom. The number of carboxylic acids is 1. The van der Waals surface area contributed by atoms with Crippen LogP contribution in [0.1, 0.15) is 69.9 Å². The third-order valence-corrected chi connectivity index (χ3v) is 9.25. The normalized spacial score (nSPS) is 23.7. The molecule has 3 atom stereocenters. The zero-order valence-electron chi connectivity index (χ0n) is 25.7. The highest BCUT2D eigenvalue weighted by Crippen LogP contribution is 2.41. The lowest BCUT2D eigenvalue weighted by molar-refractivity contribution is -0.144. The number of likely N-dealkylation sites (tertiary alicyclic amines) is 2. The molecule has 4 rings (SSSR count). The lowest BCUT2D eigenvalue weighted by atomic mass is 9.83. The van der Waals surface area contributed by atoms with Crippen LogP contribution in [0, 0.1) is 11.3 Å². The first kappa shape index (κ1) is 31.3. The Hall–Kier alpha value is -2.65. The summed E-state index contributed by atoms with van der Waals surface area (Å²) in [4.78, 5) is 47.6. The molecule has 0 spiro atoms. The molecule has 0 bridgehead atoms. The van der Waals surface area contributed by atoms with Crippen molar-refractivity contribution in [3.63, 3.8) is 0 Å². The zero-order valence-corrected chi connectivity index (χ0v) is 25.7. The second kappa shape index (κ2) is 13.6. The third kappa shape index (κ3) is 7.41. The molecule has 0 aliphatic carbocycles. The Morgan fingerprint density at radius 2 is 1.90 bits per heavy atom. The van der Waals surface area contributed by atoms with Crippen LogP contribution in [0.5, 0.6) is 5.75 Å². The van der Waals surface area contributed by atoms with E-state index in [2.05, 4.69) is 22.8 Å². The Bertz CT molecular complexity index is 1090. The number of aliphatic carboxylic acids is 1. The molecule has 1 N–H and O–H groups in total. The summed E-state index contributed by atoms with van der Waals surface area (Å²) in [5, 5.41) is 10.5. The van der Waals surface area contributed by atoms with Gasteiger partial charge in [-0.25, -0.2) is 0 Å². The van der Waals surface area contributed by atoms with Crippen LogP contribution in [-0.2, 0) is 20.8 Å². The van der Waals surface area contributed by atoms with Gasteiger partial charge in [0.1, 0.15) is 5.75 Å². The zero-order chi connectivity index (χ0) is 29.7. The number of hydrogen-bond acceptors (Lipinski definition) is 6. The predicted octanol–water partition coefficient (Wildman–Crippen LogP) is 3.32. The maximum atomic E-state index is 13.7. The minimum absolute atomic E-state index is 0.0627. The Labute approximate surface area is 245 Å². The van der Waals surface area contributed by atoms with Crippen molar-refractivity contribution < 1.29 is 24.2 Å². The van der Waals surface area contributed by atoms with Crippen LogP contribution in [0.2, 0.25) is 0 Å². The average Bonchev–Trinajstić information content (AvgIpc) is 3.60. The Balaban J connectivity index is 1.56. The molecule has 9 nitrogen and oxygen atoms in total. The largest absolute Gasteiger partial charge is 0.493 e. The number of nitrogens with zero attached hydrogens (tertiary/aromatic N) is 4. The van der Waals surface area contributed by atoms with Gasteiger partial charge in [-0.1, -0.05) is 39.3 Å². The Morgan fingerprint density at radius 1 is 1.15 bits per heavy atom. The van der Waals surface area contributed by atoms with Crippen LogP contribution in [0.25, 0.3) is 0 Å². The summed E-state index contributed by atoms with van der Waals surface area (Å²) in [6.07, 6.45) is 5.02. The predicted molar refractivity (Wildman–Crippen MR) is 159 cm³/mol. The van der Waals surface area contributed by atoms with Crippen molar-refractivity contribution in [2.24, 2.45) is 11.3 Å². The van der Waals surface area contributed by atoms with E-state index in [1.54, 1.807) is 0 Å². The molecule has 3 aliphatic rings. The van der Waals surface area contributed by atoms with E-state index in [1.807, 2.05) is 49.9 Å². The fourth-order valence-corrected chi connectivity index (χ4v) is 6.74. The third-order valence-electron chi connectivity index (χ3n) is 9.25. The molecule has 1 aromatic rings. The molecule has 3 unspecified atom stereocenters. The number of carbonyl (C=O) groups excluding carboxylic acids is 2. The standard InChI is InChI=1S/C32H50N4O5/c1-6-7-15-34(16-8-14-33(4)5)28(37)22-36-21-25(23-9-10-27-24(20-23)12-19-41-27)29(30(38)39)26(36)11-17-35-18-13-32(2,3)31(35)40/h9-10,20,25-26,29H,6-8,11-19,21-22H2,1-5H3,(H,38,39). The van der Waals surface area contributed by atoms with Crippen molar-refractivity contribution >= 4 is 17.8 Å². The summed E-state index contributed by atoms with van der Waals surface area (Å²) in [7, 11) is 4.08. The molecule has 0 radical (unpaired) electrons. The topological polar surface area (TPSA) is 93.6 Å². The van der Waals surface area contributed by atoms with Crippen LogP contribution in [0.4, 0.5) is 0 Å². The monoisotopic (exact) mass is 570 g/mol. The van der Waals surface area contributed by atoms with E-state index in [0.717, 1.165) is 62.1 Å². The van der Waals surface area contributed by atoms with E-state index in [4.69, 9.17) is 4.74 Å². The van der Waals surface area contributed by atoms with Crippen molar-refractivity contribution in [3.8, 4) is 5.75 Å². The maximum Gasteiger partial charge on any atom is 0.308 e. The summed E-state index contributed by atoms with van der Waals surface area (Å²) in [6, 6.07) is 5.72. The molecule has 228 valence electrons. The summed E-state index contributed by atoms with van der Waals surface area (Å²) < 4.78 is 5.70. The highest BCUT2D eigenvalue weighted by molar-refractivity contribution is 5.84. The smallest absolute Gasteiger partial charge is 0.308 e. The fraction of sp³-hybridized carbons (Fsp3) is 0.719. The first-order valence-corrected chi connectivity index (χ1v) is 15.5. The van der Waals surface area contributed by atoms with Gasteiger partial charge in [-0.2, -0.15) is 0 Å². The van der Waals surface area contributed by atoms with E-state index >= 15 is 0 Å². The molecule has 9 heteroatoms. The Kier molecular flexibility index (Phi) is 10.3. The van der Waals surface area contributed by atoms with E-state index in [1.165, 1.54) is 0 Å². The molecule has 0 saturated carbocycles. The van der Waals surface area contributed by atoms with E-state index in [9.17, 15) is 19.5 Å². The van der Waals surface area contributed by atoms with Gasteiger partial charge in [0, 0.05) is 56.5 Å². The lowest BCUT2D eigenvalue weighted by Crippen LogP contribution is -2.46. The van der Waals surface area contributed by atoms with Gasteiger partial charge in [0.05, 0.1) is 19.1 Å². The minimum atomic E-state index is -0.839. The molecular formula is C32H50N4O5. The SMILES string of the molecule is CCCCN(CCCN(C)C)C(=O)CN1CC(c2ccc3c(c2)CCO3)C(C(=O)O)C1CCN1CCC(C)(C)C1=O. The van der Waals surface area contributed by atoms with Crippen molar-refractivity contribution in [1.82, 2.24) is 19.6 Å². The molecule has 3 heterocycles. The summed E-state index contributed by atoms with van der Waals surface area (Å²) >= 11 is 0. The summed E-state index contributed by atoms with van der Waals surface area (Å²) in [6.45, 7) is 11.0. The number of carbonyl (C=O) groups is 3. The molecule has 41 heavy (non-hydrogen) atoms. The van der Waals surface area contributed by atoms with Gasteiger partial charge >= 0.3 is 5.97 Å². The lowest BCUT2D eigenvalue weighted by Gasteiger charge is -2.31. The number of unbranched alkanes of at least 4 members (excludes halogenated alkanes) is 1. The second-order valence-corrected chi connectivity index (χ2v) is 13.0. The number of benzene rings is 1. The summed E-state index contributed by atoms with van der Waals surface area (Å²) in [5.74, 6) is -0.665. The average molecular weight is 571 g/mol. The van der Waals surface area contributed by atoms with Crippen LogP contribution in [-0.4, -0.2) is 115 Å². The van der Waals surface area contributed by atoms with Gasteiger partial charge < -0.3 is 24.5 Å². The number of ether oxygens (including phenoxy) is 1. The molecule has 1 aromatic carbocycles. The van der Waals surface area contributed by atoms with Crippen LogP contribution >= 0.6 is 0 Å². The van der Waals surface area contributed by atoms with Crippen molar-refractivity contribution in [2.75, 3.05) is 66.5 Å². The van der Waals surface area contributed by atoms with Gasteiger partial charge in [0.25, 0.3) is 0 Å². The molecule has 2 fully saturated rings. The number of carboxylic acid groups (broad SMARTS) is 1. The van der Waals surface area contributed by atoms with Gasteiger partial charge in [-0.15, -0.1) is 0 Å². The second-order valence-electron chi connectivity index (χ2n) is 13.0. The first-order valence-electron chi connectivity index (χ1n) is 15.5. The fourth-order valence-electron chi connectivity index (χ4n) is 6.74. The minimum Gasteiger partial charge on any atom is -0.493 e. The number of amides is 2. The summed E-state index contributed by atoms with van der Waals surface area (Å²) in [5.41, 5.74) is 1.74. The van der Waals surface area contributed by atoms with Crippen molar-refractivity contribution in [1.29, 1.82) is 0 Å². The quantitative estimate of drug-likeness (QED) is 0.367. The molecule has 2 amide bonds. The molecule has 2 saturated heterocycles. The van der Waals surface area contributed by atoms with Crippen LogP contribution in [0.3, 0.4) is 0 Å². The number of fused-ring (bicyclic) bond motifs is 1. The van der Waals surface area contributed by atoms with E-state index < -0.39 is 11.9 Å². The van der Waals surface area contributed by atoms with Gasteiger partial charge in [0.15, 0.2) is 0 Å². The molecule has 0 aromatic heterocycles. The van der Waals surface area contributed by atoms with Gasteiger partial charge in [0.2, 0.25) is 11.8 Å². The molecular weight excluding hydrogens is 520 g/mol. The van der Waals surface area contributed by atoms with Gasteiger partial charge in [-0.3, -0.25) is 19.3 Å². The van der Waals surface area contributed by atoms with Crippen molar-refractivity contribution in [3.05, 3.63) is 29.3 Å². The highest BCUT2D eigenvalue weighted by Gasteiger charge is 2.48. The first-order chi connectivity index (χ1) is 19.5.